The molecule has 0 spiro atoms. The van der Waals surface area contributed by atoms with Crippen LogP contribution in [0.3, 0.4) is 0 Å². The first kappa shape index (κ1) is 13.3. The minimum atomic E-state index is -0.785. The lowest BCUT2D eigenvalue weighted by Gasteiger charge is -2.24. The summed E-state index contributed by atoms with van der Waals surface area (Å²) in [7, 11) is -0.785. The van der Waals surface area contributed by atoms with Crippen molar-refractivity contribution in [3.05, 3.63) is 0 Å². The van der Waals surface area contributed by atoms with E-state index in [1.54, 1.807) is 0 Å². The van der Waals surface area contributed by atoms with E-state index in [0.717, 1.165) is 12.6 Å². The van der Waals surface area contributed by atoms with Crippen molar-refractivity contribution in [2.24, 2.45) is 0 Å². The van der Waals surface area contributed by atoms with Crippen LogP contribution in [0.15, 0.2) is 0 Å². The summed E-state index contributed by atoms with van der Waals surface area (Å²) >= 11 is 0. The van der Waals surface area contributed by atoms with Crippen LogP contribution in [-0.4, -0.2) is 41.6 Å². The van der Waals surface area contributed by atoms with Crippen molar-refractivity contribution >= 4 is 8.15 Å². The molecule has 2 N–H and O–H groups in total. The van der Waals surface area contributed by atoms with E-state index in [2.05, 4.69) is 0 Å². The maximum atomic E-state index is 9.05. The topological polar surface area (TPSA) is 49.7 Å². The van der Waals surface area contributed by atoms with Crippen LogP contribution in [-0.2, 0) is 4.74 Å². The van der Waals surface area contributed by atoms with Crippen LogP contribution in [0.4, 0.5) is 0 Å². The van der Waals surface area contributed by atoms with Gasteiger partial charge in [-0.1, -0.05) is 0 Å². The molecule has 13 heavy (non-hydrogen) atoms. The molecule has 0 heterocycles. The molecule has 0 saturated carbocycles. The highest BCUT2D eigenvalue weighted by molar-refractivity contribution is 7.50. The largest absolute Gasteiger partial charge is 0.396 e. The third-order valence-electron chi connectivity index (χ3n) is 1.83. The Hall–Kier alpha value is 0.310. The van der Waals surface area contributed by atoms with Crippen LogP contribution < -0.4 is 0 Å². The van der Waals surface area contributed by atoms with Crippen LogP contribution in [0.2, 0.25) is 0 Å². The molecule has 0 aromatic carbocycles. The van der Waals surface area contributed by atoms with Gasteiger partial charge in [0.05, 0.1) is 5.60 Å². The standard InChI is InChI=1S/C9H21O3P/c1-9(2,5-6-10)12-7-4-8-13(3)11/h10-11H,4-8H2,1-3H3. The molecule has 0 amide bonds. The second-order valence-electron chi connectivity index (χ2n) is 3.82. The third kappa shape index (κ3) is 8.63. The Kier molecular flexibility index (Phi) is 6.88. The Labute approximate surface area is 81.9 Å². The second kappa shape index (κ2) is 6.72. The van der Waals surface area contributed by atoms with Gasteiger partial charge in [-0.3, -0.25) is 0 Å². The highest BCUT2D eigenvalue weighted by Crippen LogP contribution is 2.24. The van der Waals surface area contributed by atoms with Gasteiger partial charge in [0.15, 0.2) is 0 Å². The summed E-state index contributed by atoms with van der Waals surface area (Å²) in [6, 6.07) is 0. The molecule has 0 aromatic rings. The Morgan fingerprint density at radius 1 is 1.38 bits per heavy atom. The summed E-state index contributed by atoms with van der Waals surface area (Å²) in [5.74, 6) is 0. The molecule has 0 fully saturated rings. The zero-order valence-electron chi connectivity index (χ0n) is 8.79. The predicted octanol–water partition coefficient (Wildman–Crippen LogP) is 1.57. The van der Waals surface area contributed by atoms with E-state index in [1.165, 1.54) is 0 Å². The number of rotatable bonds is 7. The number of ether oxygens (including phenoxy) is 1. The van der Waals surface area contributed by atoms with Crippen molar-refractivity contribution in [1.82, 2.24) is 0 Å². The molecule has 0 saturated heterocycles. The lowest BCUT2D eigenvalue weighted by atomic mass is 10.1. The zero-order chi connectivity index (χ0) is 10.3. The van der Waals surface area contributed by atoms with E-state index in [1.807, 2.05) is 20.5 Å². The van der Waals surface area contributed by atoms with E-state index in [9.17, 15) is 0 Å². The Bertz CT molecular complexity index is 126. The quantitative estimate of drug-likeness (QED) is 0.493. The maximum Gasteiger partial charge on any atom is 0.0648 e. The van der Waals surface area contributed by atoms with Gasteiger partial charge in [0.1, 0.15) is 0 Å². The number of hydrogen-bond donors (Lipinski definition) is 2. The first-order valence-corrected chi connectivity index (χ1v) is 6.55. The van der Waals surface area contributed by atoms with Crippen molar-refractivity contribution in [3.63, 3.8) is 0 Å². The number of aliphatic hydroxyl groups is 1. The van der Waals surface area contributed by atoms with Crippen LogP contribution in [0.25, 0.3) is 0 Å². The molecule has 1 unspecified atom stereocenters. The molecule has 4 heteroatoms. The van der Waals surface area contributed by atoms with Crippen molar-refractivity contribution in [3.8, 4) is 0 Å². The summed E-state index contributed by atoms with van der Waals surface area (Å²) in [5.41, 5.74) is -0.235. The van der Waals surface area contributed by atoms with Crippen molar-refractivity contribution in [1.29, 1.82) is 0 Å². The minimum Gasteiger partial charge on any atom is -0.396 e. The van der Waals surface area contributed by atoms with E-state index >= 15 is 0 Å². The molecule has 3 nitrogen and oxygen atoms in total. The smallest absolute Gasteiger partial charge is 0.0648 e. The fourth-order valence-corrected chi connectivity index (χ4v) is 1.57. The Balaban J connectivity index is 3.40. The van der Waals surface area contributed by atoms with Crippen molar-refractivity contribution in [2.45, 2.75) is 32.3 Å². The van der Waals surface area contributed by atoms with E-state index < -0.39 is 8.15 Å². The second-order valence-corrected chi connectivity index (χ2v) is 5.58. The van der Waals surface area contributed by atoms with Crippen LogP contribution >= 0.6 is 8.15 Å². The molecule has 1 atom stereocenters. The van der Waals surface area contributed by atoms with E-state index in [-0.39, 0.29) is 12.2 Å². The zero-order valence-corrected chi connectivity index (χ0v) is 9.68. The summed E-state index contributed by atoms with van der Waals surface area (Å²) in [6.07, 6.45) is 2.39. The van der Waals surface area contributed by atoms with Gasteiger partial charge in [-0.25, -0.2) is 0 Å². The SMILES string of the molecule is CP(O)CCCOC(C)(C)CCO. The average Bonchev–Trinajstić information content (AvgIpc) is 1.98. The van der Waals surface area contributed by atoms with Gasteiger partial charge in [-0.15, -0.1) is 0 Å². The summed E-state index contributed by atoms with van der Waals surface area (Å²) in [6.45, 7) is 6.61. The Morgan fingerprint density at radius 3 is 2.46 bits per heavy atom. The van der Waals surface area contributed by atoms with Crippen LogP contribution in [0, 0.1) is 0 Å². The van der Waals surface area contributed by atoms with E-state index in [0.29, 0.717) is 13.0 Å². The van der Waals surface area contributed by atoms with Gasteiger partial charge in [0.25, 0.3) is 0 Å². The van der Waals surface area contributed by atoms with Crippen molar-refractivity contribution in [2.75, 3.05) is 26.0 Å². The van der Waals surface area contributed by atoms with Gasteiger partial charge in [-0.2, -0.15) is 0 Å². The molecular weight excluding hydrogens is 187 g/mol. The molecule has 0 bridgehead atoms. The molecule has 0 aliphatic carbocycles. The van der Waals surface area contributed by atoms with Gasteiger partial charge in [0.2, 0.25) is 0 Å². The summed E-state index contributed by atoms with van der Waals surface area (Å²) < 4.78 is 5.56. The molecule has 0 radical (unpaired) electrons. The molecule has 0 aliphatic rings. The fourth-order valence-electron chi connectivity index (χ4n) is 0.983. The number of aliphatic hydroxyl groups excluding tert-OH is 1. The highest BCUT2D eigenvalue weighted by Gasteiger charge is 2.16. The summed E-state index contributed by atoms with van der Waals surface area (Å²) in [4.78, 5) is 9.05. The molecule has 80 valence electrons. The fraction of sp³-hybridized carbons (Fsp3) is 1.00. The highest BCUT2D eigenvalue weighted by atomic mass is 31.1. The first-order chi connectivity index (χ1) is 5.98. The van der Waals surface area contributed by atoms with Crippen molar-refractivity contribution < 1.29 is 14.7 Å². The maximum absolute atomic E-state index is 9.05. The summed E-state index contributed by atoms with van der Waals surface area (Å²) in [5, 5.41) is 8.73. The lowest BCUT2D eigenvalue weighted by molar-refractivity contribution is -0.0320. The first-order valence-electron chi connectivity index (χ1n) is 4.63. The van der Waals surface area contributed by atoms with Gasteiger partial charge in [-0.05, 0) is 39.5 Å². The normalized spacial score (nSPS) is 14.5. The van der Waals surface area contributed by atoms with Gasteiger partial charge in [0, 0.05) is 21.4 Å². The van der Waals surface area contributed by atoms with E-state index in [4.69, 9.17) is 14.7 Å². The minimum absolute atomic E-state index is 0.160. The Morgan fingerprint density at radius 2 is 2.00 bits per heavy atom. The molecule has 0 rings (SSSR count). The molecule has 0 aliphatic heterocycles. The number of hydrogen-bond acceptors (Lipinski definition) is 3. The van der Waals surface area contributed by atoms with Gasteiger partial charge >= 0.3 is 0 Å². The third-order valence-corrected chi connectivity index (χ3v) is 2.80. The van der Waals surface area contributed by atoms with Crippen LogP contribution in [0.5, 0.6) is 0 Å². The van der Waals surface area contributed by atoms with Gasteiger partial charge < -0.3 is 14.7 Å². The molecular formula is C9H21O3P. The lowest BCUT2D eigenvalue weighted by Crippen LogP contribution is -2.26. The average molecular weight is 208 g/mol. The monoisotopic (exact) mass is 208 g/mol. The molecule has 0 aromatic heterocycles. The van der Waals surface area contributed by atoms with Crippen LogP contribution in [0.1, 0.15) is 26.7 Å². The predicted molar refractivity (Wildman–Crippen MR) is 56.3 cm³/mol.